The van der Waals surface area contributed by atoms with Crippen LogP contribution in [0.3, 0.4) is 0 Å². The molecule has 0 radical (unpaired) electrons. The van der Waals surface area contributed by atoms with Crippen LogP contribution in [0.5, 0.6) is 0 Å². The molecule has 57 heavy (non-hydrogen) atoms. The van der Waals surface area contributed by atoms with E-state index in [-0.39, 0.29) is 0 Å². The standard InChI is InChI=1S/C53H39N3Si/c1-57(2,3)39-27-29-44-43-28-26-37(32-48(43)53(49(44)33-39)46-24-14-12-22-41(46)42-23-13-15-25-47(42)53)45-31-38(30-36-20-10-11-21-40(36)45)52-55-50(34-16-6-4-7-17-34)54-51(56-52)35-18-8-5-9-19-35/h4-33H,1-3H3. The first kappa shape index (κ1) is 33.6. The maximum absolute atomic E-state index is 5.14. The molecular formula is C53H39N3Si. The molecule has 0 atom stereocenters. The Bertz CT molecular complexity index is 2950. The van der Waals surface area contributed by atoms with E-state index >= 15 is 0 Å². The molecule has 9 aromatic rings. The van der Waals surface area contributed by atoms with Gasteiger partial charge in [-0.2, -0.15) is 0 Å². The minimum absolute atomic E-state index is 0.430. The number of hydrogen-bond donors (Lipinski definition) is 0. The highest BCUT2D eigenvalue weighted by molar-refractivity contribution is 6.88. The number of benzene rings is 8. The maximum Gasteiger partial charge on any atom is 0.164 e. The van der Waals surface area contributed by atoms with Crippen LogP contribution in [0.4, 0.5) is 0 Å². The van der Waals surface area contributed by atoms with Crippen LogP contribution in [0.15, 0.2) is 182 Å². The van der Waals surface area contributed by atoms with Crippen LogP contribution in [-0.4, -0.2) is 23.0 Å². The largest absolute Gasteiger partial charge is 0.208 e. The van der Waals surface area contributed by atoms with E-state index in [4.69, 9.17) is 15.0 Å². The third-order valence-corrected chi connectivity index (χ3v) is 14.1. The summed E-state index contributed by atoms with van der Waals surface area (Å²) < 4.78 is 0. The lowest BCUT2D eigenvalue weighted by atomic mass is 9.70. The van der Waals surface area contributed by atoms with Crippen LogP contribution in [0.1, 0.15) is 22.3 Å². The van der Waals surface area contributed by atoms with Crippen LogP contribution < -0.4 is 5.19 Å². The minimum Gasteiger partial charge on any atom is -0.208 e. The molecule has 0 fully saturated rings. The third-order valence-electron chi connectivity index (χ3n) is 12.1. The number of nitrogens with zero attached hydrogens (tertiary/aromatic N) is 3. The van der Waals surface area contributed by atoms with Gasteiger partial charge in [-0.3, -0.25) is 0 Å². The van der Waals surface area contributed by atoms with Gasteiger partial charge < -0.3 is 0 Å². The molecule has 2 aliphatic rings. The van der Waals surface area contributed by atoms with Gasteiger partial charge in [0.05, 0.1) is 13.5 Å². The zero-order chi connectivity index (χ0) is 38.3. The van der Waals surface area contributed by atoms with Gasteiger partial charge in [0, 0.05) is 16.7 Å². The van der Waals surface area contributed by atoms with E-state index in [9.17, 15) is 0 Å². The predicted molar refractivity (Wildman–Crippen MR) is 238 cm³/mol. The minimum atomic E-state index is -1.63. The first-order valence-electron chi connectivity index (χ1n) is 19.8. The Morgan fingerprint density at radius 2 is 0.842 bits per heavy atom. The van der Waals surface area contributed by atoms with E-state index in [1.165, 1.54) is 60.6 Å². The van der Waals surface area contributed by atoms with Gasteiger partial charge in [-0.05, 0) is 84.6 Å². The van der Waals surface area contributed by atoms with Gasteiger partial charge >= 0.3 is 0 Å². The molecule has 0 saturated carbocycles. The summed E-state index contributed by atoms with van der Waals surface area (Å²) in [6.45, 7) is 7.36. The molecule has 0 unspecified atom stereocenters. The van der Waals surface area contributed by atoms with Crippen molar-refractivity contribution in [2.75, 3.05) is 0 Å². The Labute approximate surface area is 334 Å². The second kappa shape index (κ2) is 12.6. The van der Waals surface area contributed by atoms with Crippen molar-refractivity contribution in [3.05, 3.63) is 204 Å². The van der Waals surface area contributed by atoms with Gasteiger partial charge in [0.2, 0.25) is 0 Å². The van der Waals surface area contributed by atoms with Crippen LogP contribution in [0.25, 0.3) is 78.3 Å². The molecule has 8 aromatic carbocycles. The zero-order valence-electron chi connectivity index (χ0n) is 32.2. The molecule has 1 heterocycles. The van der Waals surface area contributed by atoms with Crippen molar-refractivity contribution in [3.8, 4) is 67.5 Å². The molecule has 0 amide bonds. The highest BCUT2D eigenvalue weighted by Gasteiger charge is 2.52. The van der Waals surface area contributed by atoms with Gasteiger partial charge in [-0.25, -0.2) is 15.0 Å². The molecule has 2 aliphatic carbocycles. The second-order valence-electron chi connectivity index (χ2n) is 16.4. The molecule has 0 bridgehead atoms. The summed E-state index contributed by atoms with van der Waals surface area (Å²) in [7, 11) is -1.63. The Balaban J connectivity index is 1.17. The Morgan fingerprint density at radius 1 is 0.351 bits per heavy atom. The molecule has 4 heteroatoms. The van der Waals surface area contributed by atoms with Crippen LogP contribution in [0, 0.1) is 0 Å². The Kier molecular flexibility index (Phi) is 7.44. The van der Waals surface area contributed by atoms with Crippen molar-refractivity contribution < 1.29 is 0 Å². The third kappa shape index (κ3) is 5.14. The summed E-state index contributed by atoms with van der Waals surface area (Å²) in [6, 6.07) is 66.3. The van der Waals surface area contributed by atoms with Gasteiger partial charge in [-0.1, -0.05) is 189 Å². The van der Waals surface area contributed by atoms with Gasteiger partial charge in [0.25, 0.3) is 0 Å². The summed E-state index contributed by atoms with van der Waals surface area (Å²) >= 11 is 0. The van der Waals surface area contributed by atoms with E-state index in [1.54, 1.807) is 0 Å². The molecule has 0 saturated heterocycles. The Morgan fingerprint density at radius 3 is 1.46 bits per heavy atom. The van der Waals surface area contributed by atoms with Crippen molar-refractivity contribution in [2.45, 2.75) is 25.1 Å². The zero-order valence-corrected chi connectivity index (χ0v) is 33.2. The highest BCUT2D eigenvalue weighted by Crippen LogP contribution is 2.63. The molecule has 1 aromatic heterocycles. The molecular weight excluding hydrogens is 707 g/mol. The maximum atomic E-state index is 5.14. The summed E-state index contributed by atoms with van der Waals surface area (Å²) in [6.07, 6.45) is 0. The SMILES string of the molecule is C[Si](C)(C)c1ccc2c(c1)C1(c3ccccc3-c3ccccc31)c1cc(-c3cc(-c4nc(-c5ccccc5)nc(-c5ccccc5)n4)cc4ccccc34)ccc1-2. The quantitative estimate of drug-likeness (QED) is 0.165. The van der Waals surface area contributed by atoms with Crippen molar-refractivity contribution in [3.63, 3.8) is 0 Å². The van der Waals surface area contributed by atoms with Crippen molar-refractivity contribution >= 4 is 24.0 Å². The lowest BCUT2D eigenvalue weighted by molar-refractivity contribution is 0.795. The number of hydrogen-bond acceptors (Lipinski definition) is 3. The van der Waals surface area contributed by atoms with Crippen LogP contribution in [-0.2, 0) is 5.41 Å². The predicted octanol–water partition coefficient (Wildman–Crippen LogP) is 12.6. The lowest BCUT2D eigenvalue weighted by Gasteiger charge is -2.32. The number of aromatic nitrogens is 3. The average Bonchev–Trinajstić information content (AvgIpc) is 3.73. The van der Waals surface area contributed by atoms with Gasteiger partial charge in [0.1, 0.15) is 0 Å². The summed E-state index contributed by atoms with van der Waals surface area (Å²) in [4.78, 5) is 15.3. The molecule has 0 N–H and O–H groups in total. The molecule has 11 rings (SSSR count). The monoisotopic (exact) mass is 745 g/mol. The normalized spacial score (nSPS) is 13.3. The number of fused-ring (bicyclic) bond motifs is 11. The summed E-state index contributed by atoms with van der Waals surface area (Å²) in [5.41, 5.74) is 15.5. The first-order valence-corrected chi connectivity index (χ1v) is 23.3. The highest BCUT2D eigenvalue weighted by atomic mass is 28.3. The van der Waals surface area contributed by atoms with Crippen molar-refractivity contribution in [2.24, 2.45) is 0 Å². The molecule has 0 aliphatic heterocycles. The fourth-order valence-electron chi connectivity index (χ4n) is 9.39. The molecule has 1 spiro atoms. The fourth-order valence-corrected chi connectivity index (χ4v) is 10.6. The van der Waals surface area contributed by atoms with E-state index in [1.807, 2.05) is 36.4 Å². The van der Waals surface area contributed by atoms with E-state index in [2.05, 4.69) is 165 Å². The molecule has 270 valence electrons. The summed E-state index contributed by atoms with van der Waals surface area (Å²) in [5, 5.41) is 3.82. The van der Waals surface area contributed by atoms with E-state index in [0.29, 0.717) is 17.5 Å². The lowest BCUT2D eigenvalue weighted by Crippen LogP contribution is -2.38. The van der Waals surface area contributed by atoms with Crippen LogP contribution in [0.2, 0.25) is 19.6 Å². The first-order chi connectivity index (χ1) is 27.9. The van der Waals surface area contributed by atoms with Crippen molar-refractivity contribution in [1.29, 1.82) is 0 Å². The summed E-state index contributed by atoms with van der Waals surface area (Å²) in [5.74, 6) is 1.96. The average molecular weight is 746 g/mol. The van der Waals surface area contributed by atoms with Gasteiger partial charge in [-0.15, -0.1) is 0 Å². The Hall–Kier alpha value is -6.75. The van der Waals surface area contributed by atoms with Crippen LogP contribution >= 0.6 is 0 Å². The van der Waals surface area contributed by atoms with E-state index in [0.717, 1.165) is 27.6 Å². The topological polar surface area (TPSA) is 38.7 Å². The van der Waals surface area contributed by atoms with Gasteiger partial charge in [0.15, 0.2) is 17.5 Å². The van der Waals surface area contributed by atoms with E-state index < -0.39 is 13.5 Å². The molecule has 3 nitrogen and oxygen atoms in total. The van der Waals surface area contributed by atoms with Crippen molar-refractivity contribution in [1.82, 2.24) is 15.0 Å². The second-order valence-corrected chi connectivity index (χ2v) is 21.5. The smallest absolute Gasteiger partial charge is 0.164 e. The number of rotatable bonds is 5. The fraction of sp³-hybridized carbons (Fsp3) is 0.0755.